The third-order valence-electron chi connectivity index (χ3n) is 9.34. The van der Waals surface area contributed by atoms with Gasteiger partial charge in [0.15, 0.2) is 0 Å². The second-order valence-corrected chi connectivity index (χ2v) is 14.4. The van der Waals surface area contributed by atoms with Gasteiger partial charge in [-0.25, -0.2) is 0 Å². The topological polar surface area (TPSA) is 0 Å². The quantitative estimate of drug-likeness (QED) is 0.181. The largest absolute Gasteiger partial charge is 0.140 e. The lowest BCUT2D eigenvalue weighted by Crippen LogP contribution is -2.02. The maximum absolute atomic E-state index is 2.50. The number of rotatable bonds is 3. The molecule has 0 aliphatic heterocycles. The highest BCUT2D eigenvalue weighted by Gasteiger charge is 2.22. The van der Waals surface area contributed by atoms with E-state index in [9.17, 15) is 0 Å². The van der Waals surface area contributed by atoms with E-state index >= 15 is 0 Å². The van der Waals surface area contributed by atoms with E-state index in [-0.39, 0.29) is 0 Å². The summed E-state index contributed by atoms with van der Waals surface area (Å²) in [5.41, 5.74) is 9.87. The van der Waals surface area contributed by atoms with Crippen molar-refractivity contribution in [2.45, 2.75) is 32.6 Å². The summed E-state index contributed by atoms with van der Waals surface area (Å²) in [6.07, 6.45) is 11.8. The van der Waals surface area contributed by atoms with Crippen LogP contribution in [-0.2, 0) is 0 Å². The molecule has 2 aliphatic rings. The molecule has 9 rings (SSSR count). The van der Waals surface area contributed by atoms with Gasteiger partial charge in [-0.15, -0.1) is 22.7 Å². The fraction of sp³-hybridized carbons (Fsp3) is 0.122. The first-order valence-electron chi connectivity index (χ1n) is 15.3. The standard InChI is InChI=1S/C41H30S2/c1-25-20-38-39(42-25)24-37(43-38)30-18-19-35-36(23-30)41(32-17-15-27-9-3-5-11-29(27)22-32)34-13-7-6-12-33(34)40(35)31-16-14-26-8-2-4-10-28(26)21-31/h3-7,9-13,15,17-24H,2,8,14,16H2,1H3. The molecule has 0 saturated heterocycles. The molecule has 0 unspecified atom stereocenters. The molecule has 0 atom stereocenters. The molecule has 5 aromatic carbocycles. The van der Waals surface area contributed by atoms with Crippen LogP contribution in [0.25, 0.3) is 68.9 Å². The summed E-state index contributed by atoms with van der Waals surface area (Å²) < 4.78 is 2.78. The highest BCUT2D eigenvalue weighted by Crippen LogP contribution is 2.47. The van der Waals surface area contributed by atoms with E-state index in [2.05, 4.69) is 122 Å². The summed E-state index contributed by atoms with van der Waals surface area (Å²) in [7, 11) is 0. The zero-order valence-corrected chi connectivity index (χ0v) is 25.7. The molecule has 0 amide bonds. The van der Waals surface area contributed by atoms with E-state index < -0.39 is 0 Å². The van der Waals surface area contributed by atoms with E-state index in [1.807, 2.05) is 22.7 Å². The Bertz CT molecular complexity index is 2320. The highest BCUT2D eigenvalue weighted by atomic mass is 32.1. The Balaban J connectivity index is 1.36. The van der Waals surface area contributed by atoms with Crippen molar-refractivity contribution in [2.24, 2.45) is 0 Å². The minimum atomic E-state index is 1.10. The summed E-state index contributed by atoms with van der Waals surface area (Å²) in [6.45, 7) is 2.21. The van der Waals surface area contributed by atoms with Gasteiger partial charge in [0.1, 0.15) is 0 Å². The van der Waals surface area contributed by atoms with Crippen LogP contribution in [0, 0.1) is 6.92 Å². The van der Waals surface area contributed by atoms with Gasteiger partial charge in [-0.3, -0.25) is 0 Å². The number of fused-ring (bicyclic) bond motifs is 4. The van der Waals surface area contributed by atoms with Crippen LogP contribution in [0.2, 0.25) is 0 Å². The lowest BCUT2D eigenvalue weighted by molar-refractivity contribution is 0.839. The summed E-state index contributed by atoms with van der Waals surface area (Å²) >= 11 is 3.81. The van der Waals surface area contributed by atoms with Crippen molar-refractivity contribution in [1.29, 1.82) is 0 Å². The first-order valence-corrected chi connectivity index (χ1v) is 16.9. The van der Waals surface area contributed by atoms with Crippen LogP contribution in [0.5, 0.6) is 0 Å². The molecule has 43 heavy (non-hydrogen) atoms. The van der Waals surface area contributed by atoms with Gasteiger partial charge in [0, 0.05) is 19.2 Å². The van der Waals surface area contributed by atoms with Crippen LogP contribution in [0.1, 0.15) is 36.1 Å². The molecule has 0 fully saturated rings. The fourth-order valence-electron chi connectivity index (χ4n) is 7.32. The van der Waals surface area contributed by atoms with Crippen molar-refractivity contribution in [1.82, 2.24) is 0 Å². The first-order chi connectivity index (χ1) is 21.2. The van der Waals surface area contributed by atoms with Crippen molar-refractivity contribution >= 4 is 70.0 Å². The van der Waals surface area contributed by atoms with Crippen LogP contribution < -0.4 is 0 Å². The second kappa shape index (κ2) is 9.91. The monoisotopic (exact) mass is 586 g/mol. The van der Waals surface area contributed by atoms with Crippen LogP contribution in [0.15, 0.2) is 126 Å². The van der Waals surface area contributed by atoms with E-state index in [0.29, 0.717) is 0 Å². The molecule has 2 aliphatic carbocycles. The van der Waals surface area contributed by atoms with Gasteiger partial charge < -0.3 is 0 Å². The minimum Gasteiger partial charge on any atom is -0.140 e. The number of thiophene rings is 2. The van der Waals surface area contributed by atoms with Gasteiger partial charge in [0.2, 0.25) is 0 Å². The van der Waals surface area contributed by atoms with E-state index in [1.54, 1.807) is 5.57 Å². The Hall–Kier alpha value is -4.24. The van der Waals surface area contributed by atoms with Crippen molar-refractivity contribution in [3.05, 3.63) is 137 Å². The molecule has 206 valence electrons. The normalized spacial score (nSPS) is 15.1. The second-order valence-electron chi connectivity index (χ2n) is 12.0. The zero-order chi connectivity index (χ0) is 28.5. The Morgan fingerprint density at radius 2 is 1.35 bits per heavy atom. The van der Waals surface area contributed by atoms with E-state index in [0.717, 1.165) is 12.8 Å². The van der Waals surface area contributed by atoms with Crippen LogP contribution >= 0.6 is 22.7 Å². The molecule has 0 spiro atoms. The van der Waals surface area contributed by atoms with Gasteiger partial charge in [-0.2, -0.15) is 0 Å². The number of hydrogen-bond donors (Lipinski definition) is 0. The molecule has 0 N–H and O–H groups in total. The molecule has 2 aromatic heterocycles. The lowest BCUT2D eigenvalue weighted by Gasteiger charge is -2.24. The number of hydrogen-bond acceptors (Lipinski definition) is 2. The van der Waals surface area contributed by atoms with Gasteiger partial charge in [-0.1, -0.05) is 96.6 Å². The predicted molar refractivity (Wildman–Crippen MR) is 190 cm³/mol. The molecule has 0 saturated carbocycles. The Labute approximate surface area is 259 Å². The predicted octanol–water partition coefficient (Wildman–Crippen LogP) is 12.9. The fourth-order valence-corrected chi connectivity index (χ4v) is 9.64. The molecular weight excluding hydrogens is 557 g/mol. The maximum atomic E-state index is 2.50. The SMILES string of the molecule is Cc1cc2sc(-c3ccc4c(C5=CC6=C(CCC=C6)CC5)c5ccccc5c(-c5ccc6ccccc6c5)c4c3)cc2s1. The number of aryl methyl sites for hydroxylation is 1. The van der Waals surface area contributed by atoms with E-state index in [1.165, 1.54) is 97.7 Å². The van der Waals surface area contributed by atoms with Gasteiger partial charge in [0.25, 0.3) is 0 Å². The van der Waals surface area contributed by atoms with Crippen molar-refractivity contribution in [3.63, 3.8) is 0 Å². The van der Waals surface area contributed by atoms with Crippen molar-refractivity contribution < 1.29 is 0 Å². The minimum absolute atomic E-state index is 1.10. The average molecular weight is 587 g/mol. The van der Waals surface area contributed by atoms with Crippen LogP contribution in [0.3, 0.4) is 0 Å². The molecule has 7 aromatic rings. The zero-order valence-electron chi connectivity index (χ0n) is 24.1. The molecule has 0 bridgehead atoms. The van der Waals surface area contributed by atoms with Crippen molar-refractivity contribution in [2.75, 3.05) is 0 Å². The average Bonchev–Trinajstić information content (AvgIpc) is 3.60. The summed E-state index contributed by atoms with van der Waals surface area (Å²) in [5.74, 6) is 0. The maximum Gasteiger partial charge on any atom is 0.0459 e. The number of benzene rings is 5. The highest BCUT2D eigenvalue weighted by molar-refractivity contribution is 7.29. The molecule has 0 nitrogen and oxygen atoms in total. The number of allylic oxidation sites excluding steroid dienone is 6. The van der Waals surface area contributed by atoms with Crippen LogP contribution in [0.4, 0.5) is 0 Å². The lowest BCUT2D eigenvalue weighted by atomic mass is 9.80. The third kappa shape index (κ3) is 4.16. The van der Waals surface area contributed by atoms with E-state index in [4.69, 9.17) is 0 Å². The Kier molecular flexibility index (Phi) is 5.82. The van der Waals surface area contributed by atoms with Gasteiger partial charge >= 0.3 is 0 Å². The first kappa shape index (κ1) is 25.3. The molecular formula is C41H30S2. The van der Waals surface area contributed by atoms with Gasteiger partial charge in [0.05, 0.1) is 0 Å². The van der Waals surface area contributed by atoms with Crippen LogP contribution in [-0.4, -0.2) is 0 Å². The molecule has 0 radical (unpaired) electrons. The summed E-state index contributed by atoms with van der Waals surface area (Å²) in [6, 6.07) is 36.8. The molecule has 2 heterocycles. The van der Waals surface area contributed by atoms with Crippen molar-refractivity contribution in [3.8, 4) is 21.6 Å². The summed E-state index contributed by atoms with van der Waals surface area (Å²) in [4.78, 5) is 2.73. The smallest absolute Gasteiger partial charge is 0.0459 e. The summed E-state index contributed by atoms with van der Waals surface area (Å²) in [5, 5.41) is 7.95. The third-order valence-corrected chi connectivity index (χ3v) is 11.6. The Morgan fingerprint density at radius 3 is 2.23 bits per heavy atom. The molecule has 2 heteroatoms. The Morgan fingerprint density at radius 1 is 0.581 bits per heavy atom. The van der Waals surface area contributed by atoms with Gasteiger partial charge in [-0.05, 0) is 123 Å².